The van der Waals surface area contributed by atoms with E-state index in [9.17, 15) is 9.90 Å². The number of halogens is 1. The lowest BCUT2D eigenvalue weighted by molar-refractivity contribution is -0.0290. The van der Waals surface area contributed by atoms with Crippen molar-refractivity contribution in [3.8, 4) is 0 Å². The molecule has 0 saturated heterocycles. The monoisotopic (exact) mass is 340 g/mol. The summed E-state index contributed by atoms with van der Waals surface area (Å²) >= 11 is 3.51. The molecular weight excluding hydrogens is 320 g/mol. The fourth-order valence-electron chi connectivity index (χ4n) is 2.37. The van der Waals surface area contributed by atoms with Crippen molar-refractivity contribution in [1.29, 1.82) is 0 Å². The molecule has 2 rings (SSSR count). The van der Waals surface area contributed by atoms with Crippen LogP contribution in [0.25, 0.3) is 0 Å². The lowest BCUT2D eigenvalue weighted by Gasteiger charge is -2.36. The number of urea groups is 1. The third-order valence-electron chi connectivity index (χ3n) is 3.86. The lowest BCUT2D eigenvalue weighted by atomic mass is 9.80. The van der Waals surface area contributed by atoms with E-state index in [0.29, 0.717) is 6.54 Å². The Balaban J connectivity index is 1.89. The van der Waals surface area contributed by atoms with Crippen molar-refractivity contribution in [3.05, 3.63) is 34.3 Å². The molecule has 1 unspecified atom stereocenters. The zero-order valence-corrected chi connectivity index (χ0v) is 13.2. The summed E-state index contributed by atoms with van der Waals surface area (Å²) in [6.07, 6.45) is 3.39. The predicted molar refractivity (Wildman–Crippen MR) is 82.5 cm³/mol. The Morgan fingerprint density at radius 2 is 2.15 bits per heavy atom. The molecule has 2 amide bonds. The second-order valence-electron chi connectivity index (χ2n) is 5.39. The number of hydrogen-bond donors (Lipinski definition) is 3. The first-order valence-electron chi connectivity index (χ1n) is 7.05. The molecule has 3 N–H and O–H groups in total. The molecule has 5 heteroatoms. The van der Waals surface area contributed by atoms with Gasteiger partial charge >= 0.3 is 6.03 Å². The molecule has 1 fully saturated rings. The minimum Gasteiger partial charge on any atom is -0.388 e. The first-order chi connectivity index (χ1) is 9.54. The molecule has 1 aromatic rings. The standard InChI is InChI=1S/C15H21BrN2O2/c1-2-13(11-6-3-4-7-12(11)16)18-14(19)17-10-15(20)8-5-9-15/h3-4,6-7,13,20H,2,5,8-10H2,1H3,(H2,17,18,19). The van der Waals surface area contributed by atoms with E-state index in [-0.39, 0.29) is 12.1 Å². The fourth-order valence-corrected chi connectivity index (χ4v) is 2.93. The van der Waals surface area contributed by atoms with Gasteiger partial charge in [-0.1, -0.05) is 41.1 Å². The molecule has 1 atom stereocenters. The summed E-state index contributed by atoms with van der Waals surface area (Å²) in [6.45, 7) is 2.36. The molecule has 110 valence electrons. The van der Waals surface area contributed by atoms with E-state index >= 15 is 0 Å². The Morgan fingerprint density at radius 3 is 2.70 bits per heavy atom. The first-order valence-corrected chi connectivity index (χ1v) is 7.84. The zero-order chi connectivity index (χ0) is 14.6. The van der Waals surface area contributed by atoms with Crippen LogP contribution in [0.3, 0.4) is 0 Å². The summed E-state index contributed by atoms with van der Waals surface area (Å²) < 4.78 is 0.991. The first kappa shape index (κ1) is 15.3. The van der Waals surface area contributed by atoms with Gasteiger partial charge in [-0.2, -0.15) is 0 Å². The highest BCUT2D eigenvalue weighted by Gasteiger charge is 2.34. The summed E-state index contributed by atoms with van der Waals surface area (Å²) in [5, 5.41) is 15.7. The van der Waals surface area contributed by atoms with Gasteiger partial charge in [0.1, 0.15) is 0 Å². The average Bonchev–Trinajstić information content (AvgIpc) is 2.41. The highest BCUT2D eigenvalue weighted by molar-refractivity contribution is 9.10. The normalized spacial score (nSPS) is 17.9. The highest BCUT2D eigenvalue weighted by atomic mass is 79.9. The summed E-state index contributed by atoms with van der Waals surface area (Å²) in [5.41, 5.74) is 0.374. The summed E-state index contributed by atoms with van der Waals surface area (Å²) in [4.78, 5) is 11.9. The van der Waals surface area contributed by atoms with Crippen LogP contribution in [-0.2, 0) is 0 Å². The Hall–Kier alpha value is -1.07. The smallest absolute Gasteiger partial charge is 0.315 e. The van der Waals surface area contributed by atoms with Gasteiger partial charge in [0.2, 0.25) is 0 Å². The molecule has 1 saturated carbocycles. The van der Waals surface area contributed by atoms with Crippen LogP contribution in [0, 0.1) is 0 Å². The number of amides is 2. The van der Waals surface area contributed by atoms with E-state index in [2.05, 4.69) is 26.6 Å². The van der Waals surface area contributed by atoms with Gasteiger partial charge in [-0.15, -0.1) is 0 Å². The van der Waals surface area contributed by atoms with E-state index in [1.165, 1.54) is 0 Å². The van der Waals surface area contributed by atoms with Gasteiger partial charge in [-0.25, -0.2) is 4.79 Å². The Bertz CT molecular complexity index is 475. The average molecular weight is 341 g/mol. The van der Waals surface area contributed by atoms with Crippen molar-refractivity contribution in [2.75, 3.05) is 6.54 Å². The van der Waals surface area contributed by atoms with Gasteiger partial charge in [-0.3, -0.25) is 0 Å². The van der Waals surface area contributed by atoms with Crippen molar-refractivity contribution in [1.82, 2.24) is 10.6 Å². The van der Waals surface area contributed by atoms with Crippen molar-refractivity contribution >= 4 is 22.0 Å². The summed E-state index contributed by atoms with van der Waals surface area (Å²) in [7, 11) is 0. The van der Waals surface area contributed by atoms with Crippen molar-refractivity contribution < 1.29 is 9.90 Å². The van der Waals surface area contributed by atoms with E-state index < -0.39 is 5.60 Å². The van der Waals surface area contributed by atoms with Gasteiger partial charge in [0.05, 0.1) is 11.6 Å². The molecule has 1 aliphatic rings. The van der Waals surface area contributed by atoms with E-state index in [0.717, 1.165) is 35.7 Å². The Kier molecular flexibility index (Phi) is 5.05. The number of carbonyl (C=O) groups excluding carboxylic acids is 1. The number of nitrogens with one attached hydrogen (secondary N) is 2. The maximum absolute atomic E-state index is 11.9. The van der Waals surface area contributed by atoms with Gasteiger partial charge in [0.25, 0.3) is 0 Å². The molecule has 20 heavy (non-hydrogen) atoms. The molecule has 0 aliphatic heterocycles. The lowest BCUT2D eigenvalue weighted by Crippen LogP contribution is -2.50. The Morgan fingerprint density at radius 1 is 1.45 bits per heavy atom. The minimum absolute atomic E-state index is 0.0402. The third-order valence-corrected chi connectivity index (χ3v) is 4.58. The quantitative estimate of drug-likeness (QED) is 0.771. The molecule has 1 aromatic carbocycles. The number of hydrogen-bond acceptors (Lipinski definition) is 2. The maximum atomic E-state index is 11.9. The van der Waals surface area contributed by atoms with E-state index in [4.69, 9.17) is 0 Å². The van der Waals surface area contributed by atoms with E-state index in [1.54, 1.807) is 0 Å². The molecule has 0 spiro atoms. The third kappa shape index (κ3) is 3.73. The van der Waals surface area contributed by atoms with Gasteiger partial charge in [0.15, 0.2) is 0 Å². The fraction of sp³-hybridized carbons (Fsp3) is 0.533. The molecule has 0 radical (unpaired) electrons. The largest absolute Gasteiger partial charge is 0.388 e. The van der Waals surface area contributed by atoms with Crippen LogP contribution in [0.1, 0.15) is 44.2 Å². The molecule has 1 aliphatic carbocycles. The zero-order valence-electron chi connectivity index (χ0n) is 11.7. The second kappa shape index (κ2) is 6.59. The SMILES string of the molecule is CCC(NC(=O)NCC1(O)CCC1)c1ccccc1Br. The summed E-state index contributed by atoms with van der Waals surface area (Å²) in [6, 6.07) is 7.60. The van der Waals surface area contributed by atoms with Gasteiger partial charge in [-0.05, 0) is 37.3 Å². The minimum atomic E-state index is -0.688. The van der Waals surface area contributed by atoms with Gasteiger partial charge < -0.3 is 15.7 Å². The van der Waals surface area contributed by atoms with Crippen LogP contribution in [0.15, 0.2) is 28.7 Å². The summed E-state index contributed by atoms with van der Waals surface area (Å²) in [5.74, 6) is 0. The topological polar surface area (TPSA) is 61.4 Å². The molecule has 0 heterocycles. The van der Waals surface area contributed by atoms with Crippen LogP contribution in [0.4, 0.5) is 4.79 Å². The molecule has 0 aromatic heterocycles. The van der Waals surface area contributed by atoms with Crippen molar-refractivity contribution in [2.45, 2.75) is 44.2 Å². The van der Waals surface area contributed by atoms with E-state index in [1.807, 2.05) is 31.2 Å². The Labute approximate surface area is 128 Å². The van der Waals surface area contributed by atoms with Crippen LogP contribution >= 0.6 is 15.9 Å². The number of carbonyl (C=O) groups is 1. The molecule has 4 nitrogen and oxygen atoms in total. The molecular formula is C15H21BrN2O2. The molecule has 0 bridgehead atoms. The van der Waals surface area contributed by atoms with Crippen LogP contribution < -0.4 is 10.6 Å². The van der Waals surface area contributed by atoms with Crippen molar-refractivity contribution in [2.24, 2.45) is 0 Å². The second-order valence-corrected chi connectivity index (χ2v) is 6.24. The predicted octanol–water partition coefficient (Wildman–Crippen LogP) is 3.11. The number of rotatable bonds is 5. The maximum Gasteiger partial charge on any atom is 0.315 e. The van der Waals surface area contributed by atoms with Crippen LogP contribution in [0.2, 0.25) is 0 Å². The van der Waals surface area contributed by atoms with Crippen molar-refractivity contribution in [3.63, 3.8) is 0 Å². The number of aliphatic hydroxyl groups is 1. The van der Waals surface area contributed by atoms with Gasteiger partial charge in [0, 0.05) is 11.0 Å². The van der Waals surface area contributed by atoms with Crippen LogP contribution in [0.5, 0.6) is 0 Å². The van der Waals surface area contributed by atoms with Crippen LogP contribution in [-0.4, -0.2) is 23.3 Å². The highest BCUT2D eigenvalue weighted by Crippen LogP contribution is 2.30. The number of benzene rings is 1.